The lowest BCUT2D eigenvalue weighted by Crippen LogP contribution is -2.13. The van der Waals surface area contributed by atoms with Gasteiger partial charge in [0.25, 0.3) is 0 Å². The van der Waals surface area contributed by atoms with E-state index >= 15 is 0 Å². The maximum atomic E-state index is 5.05. The van der Waals surface area contributed by atoms with Crippen LogP contribution in [0.1, 0.15) is 70.9 Å². The van der Waals surface area contributed by atoms with E-state index in [1.807, 2.05) is 6.08 Å². The van der Waals surface area contributed by atoms with Crippen molar-refractivity contribution in [3.8, 4) is 11.1 Å². The molecule has 0 N–H and O–H groups in total. The van der Waals surface area contributed by atoms with Gasteiger partial charge in [0.2, 0.25) is 0 Å². The smallest absolute Gasteiger partial charge is 0.0959 e. The molecule has 5 rings (SSSR count). The predicted octanol–water partition coefficient (Wildman–Crippen LogP) is 8.00. The van der Waals surface area contributed by atoms with Crippen LogP contribution in [0.2, 0.25) is 0 Å². The SMILES string of the molecule is C=CC(C)(C)c1ccc(-c2cn(CC3CCCCC3)c3cc(C4=C(C)CN=C4C)cnc23)cc1. The monoisotopic (exact) mass is 451 g/mol. The van der Waals surface area contributed by atoms with Gasteiger partial charge in [0, 0.05) is 46.8 Å². The number of hydrogen-bond acceptors (Lipinski definition) is 2. The van der Waals surface area contributed by atoms with Crippen LogP contribution in [0.15, 0.2) is 65.9 Å². The van der Waals surface area contributed by atoms with Gasteiger partial charge in [-0.2, -0.15) is 0 Å². The second kappa shape index (κ2) is 9.02. The first-order chi connectivity index (χ1) is 16.4. The number of benzene rings is 1. The van der Waals surface area contributed by atoms with Gasteiger partial charge in [0.05, 0.1) is 17.6 Å². The summed E-state index contributed by atoms with van der Waals surface area (Å²) in [5.41, 5.74) is 11.0. The topological polar surface area (TPSA) is 30.2 Å². The Kier molecular flexibility index (Phi) is 6.06. The van der Waals surface area contributed by atoms with Gasteiger partial charge in [-0.3, -0.25) is 9.98 Å². The highest BCUT2D eigenvalue weighted by molar-refractivity contribution is 6.25. The minimum atomic E-state index is -0.0348. The molecule has 1 aromatic carbocycles. The molecule has 1 saturated carbocycles. The molecule has 3 heteroatoms. The number of rotatable bonds is 6. The normalized spacial score (nSPS) is 17.5. The zero-order chi connectivity index (χ0) is 23.9. The molecule has 3 nitrogen and oxygen atoms in total. The third-order valence-corrected chi connectivity index (χ3v) is 7.98. The molecule has 1 fully saturated rings. The van der Waals surface area contributed by atoms with Crippen molar-refractivity contribution in [2.24, 2.45) is 10.9 Å². The van der Waals surface area contributed by atoms with Gasteiger partial charge < -0.3 is 4.57 Å². The van der Waals surface area contributed by atoms with E-state index in [4.69, 9.17) is 4.98 Å². The number of pyridine rings is 1. The molecule has 2 aromatic heterocycles. The van der Waals surface area contributed by atoms with Crippen LogP contribution in [0.4, 0.5) is 0 Å². The quantitative estimate of drug-likeness (QED) is 0.349. The van der Waals surface area contributed by atoms with Crippen molar-refractivity contribution in [3.63, 3.8) is 0 Å². The molecule has 0 saturated heterocycles. The Labute approximate surface area is 204 Å². The van der Waals surface area contributed by atoms with Gasteiger partial charge in [-0.15, -0.1) is 6.58 Å². The molecule has 1 aliphatic carbocycles. The first kappa shape index (κ1) is 22.8. The van der Waals surface area contributed by atoms with E-state index in [1.165, 1.54) is 71.0 Å². The number of aliphatic imine (C=N–C) groups is 1. The van der Waals surface area contributed by atoms with Gasteiger partial charge >= 0.3 is 0 Å². The lowest BCUT2D eigenvalue weighted by molar-refractivity contribution is 0.322. The fourth-order valence-corrected chi connectivity index (χ4v) is 5.67. The van der Waals surface area contributed by atoms with Crippen LogP contribution in [-0.4, -0.2) is 21.8 Å². The van der Waals surface area contributed by atoms with E-state index in [0.29, 0.717) is 0 Å². The highest BCUT2D eigenvalue weighted by Crippen LogP contribution is 2.36. The summed E-state index contributed by atoms with van der Waals surface area (Å²) in [6, 6.07) is 11.3. The number of hydrogen-bond donors (Lipinski definition) is 0. The average molecular weight is 452 g/mol. The minimum Gasteiger partial charge on any atom is -0.345 e. The van der Waals surface area contributed by atoms with E-state index < -0.39 is 0 Å². The molecule has 0 radical (unpaired) electrons. The van der Waals surface area contributed by atoms with Crippen molar-refractivity contribution in [1.29, 1.82) is 0 Å². The average Bonchev–Trinajstić information content (AvgIpc) is 3.38. The molecule has 3 aromatic rings. The van der Waals surface area contributed by atoms with Crippen LogP contribution in [0.5, 0.6) is 0 Å². The van der Waals surface area contributed by atoms with Gasteiger partial charge in [-0.1, -0.05) is 63.5 Å². The standard InChI is InChI=1S/C31H37N3/c1-6-31(4,5)26-14-12-24(13-15-26)27-20-34(19-23-10-8-7-9-11-23)28-16-25(18-33-30(27)28)29-21(2)17-32-22(29)3/h6,12-16,18,20,23H,1,7-11,17,19H2,2-5H3. The van der Waals surface area contributed by atoms with Gasteiger partial charge in [-0.25, -0.2) is 0 Å². The first-order valence-electron chi connectivity index (χ1n) is 12.8. The largest absolute Gasteiger partial charge is 0.345 e. The lowest BCUT2D eigenvalue weighted by Gasteiger charge is -2.22. The van der Waals surface area contributed by atoms with Crippen molar-refractivity contribution in [2.45, 2.75) is 71.8 Å². The Balaban J connectivity index is 1.60. The molecule has 0 amide bonds. The molecule has 176 valence electrons. The zero-order valence-electron chi connectivity index (χ0n) is 21.2. The fourth-order valence-electron chi connectivity index (χ4n) is 5.67. The Morgan fingerprint density at radius 2 is 1.79 bits per heavy atom. The van der Waals surface area contributed by atoms with E-state index in [9.17, 15) is 0 Å². The number of fused-ring (bicyclic) bond motifs is 1. The van der Waals surface area contributed by atoms with Crippen molar-refractivity contribution in [1.82, 2.24) is 9.55 Å². The summed E-state index contributed by atoms with van der Waals surface area (Å²) in [7, 11) is 0. The van der Waals surface area contributed by atoms with Gasteiger partial charge in [0.1, 0.15) is 0 Å². The van der Waals surface area contributed by atoms with Gasteiger partial charge in [-0.05, 0) is 55.4 Å². The number of aromatic nitrogens is 2. The molecule has 0 unspecified atom stereocenters. The highest BCUT2D eigenvalue weighted by atomic mass is 15.0. The van der Waals surface area contributed by atoms with E-state index in [1.54, 1.807) is 0 Å². The van der Waals surface area contributed by atoms with Crippen LogP contribution >= 0.6 is 0 Å². The molecule has 2 aliphatic rings. The lowest BCUT2D eigenvalue weighted by atomic mass is 9.84. The van der Waals surface area contributed by atoms with E-state index in [-0.39, 0.29) is 5.41 Å². The van der Waals surface area contributed by atoms with E-state index in [0.717, 1.165) is 30.2 Å². The summed E-state index contributed by atoms with van der Waals surface area (Å²) in [5.74, 6) is 0.757. The molecule has 34 heavy (non-hydrogen) atoms. The third kappa shape index (κ3) is 4.17. The number of nitrogens with zero attached hydrogens (tertiary/aromatic N) is 3. The predicted molar refractivity (Wildman–Crippen MR) is 146 cm³/mol. The highest BCUT2D eigenvalue weighted by Gasteiger charge is 2.21. The fraction of sp³-hybridized carbons (Fsp3) is 0.419. The van der Waals surface area contributed by atoms with Crippen molar-refractivity contribution in [2.75, 3.05) is 6.54 Å². The zero-order valence-corrected chi connectivity index (χ0v) is 21.2. The maximum Gasteiger partial charge on any atom is 0.0959 e. The molecular formula is C31H37N3. The summed E-state index contributed by atoms with van der Waals surface area (Å²) in [4.78, 5) is 9.71. The summed E-state index contributed by atoms with van der Waals surface area (Å²) in [5, 5.41) is 0. The van der Waals surface area contributed by atoms with Crippen molar-refractivity contribution < 1.29 is 0 Å². The molecule has 0 bridgehead atoms. The molecule has 0 atom stereocenters. The second-order valence-electron chi connectivity index (χ2n) is 10.9. The Hall–Kier alpha value is -2.94. The summed E-state index contributed by atoms with van der Waals surface area (Å²) in [6.45, 7) is 14.6. The van der Waals surface area contributed by atoms with Crippen molar-refractivity contribution >= 4 is 22.3 Å². The van der Waals surface area contributed by atoms with Crippen LogP contribution in [0, 0.1) is 5.92 Å². The second-order valence-corrected chi connectivity index (χ2v) is 10.9. The van der Waals surface area contributed by atoms with E-state index in [2.05, 4.69) is 86.6 Å². The van der Waals surface area contributed by atoms with Crippen LogP contribution in [-0.2, 0) is 12.0 Å². The molecule has 0 spiro atoms. The summed E-state index contributed by atoms with van der Waals surface area (Å²) >= 11 is 0. The molecular weight excluding hydrogens is 414 g/mol. The Morgan fingerprint density at radius 3 is 2.44 bits per heavy atom. The van der Waals surface area contributed by atoms with Crippen LogP contribution in [0.25, 0.3) is 27.7 Å². The third-order valence-electron chi connectivity index (χ3n) is 7.98. The Morgan fingerprint density at radius 1 is 1.06 bits per heavy atom. The van der Waals surface area contributed by atoms with Crippen LogP contribution < -0.4 is 0 Å². The first-order valence-corrected chi connectivity index (χ1v) is 12.8. The van der Waals surface area contributed by atoms with Gasteiger partial charge in [0.15, 0.2) is 0 Å². The maximum absolute atomic E-state index is 5.05. The molecule has 3 heterocycles. The summed E-state index contributed by atoms with van der Waals surface area (Å²) < 4.78 is 2.48. The Bertz CT molecular complexity index is 1280. The van der Waals surface area contributed by atoms with Crippen molar-refractivity contribution in [3.05, 3.63) is 72.1 Å². The number of allylic oxidation sites excluding steroid dienone is 2. The van der Waals surface area contributed by atoms with Crippen LogP contribution in [0.3, 0.4) is 0 Å². The molecule has 1 aliphatic heterocycles. The summed E-state index contributed by atoms with van der Waals surface area (Å²) in [6.07, 6.45) is 13.2. The minimum absolute atomic E-state index is 0.0348.